The van der Waals surface area contributed by atoms with Gasteiger partial charge in [0.2, 0.25) is 0 Å². The van der Waals surface area contributed by atoms with Crippen LogP contribution < -0.4 is 0 Å². The largest absolute Gasteiger partial charge is 0.490 e. The van der Waals surface area contributed by atoms with Gasteiger partial charge < -0.3 is 9.15 Å². The number of carbonyl (C=O) groups is 1. The third kappa shape index (κ3) is 2.72. The number of allylic oxidation sites excluding steroid dienone is 2. The molecule has 0 saturated heterocycles. The molecule has 0 atom stereocenters. The monoisotopic (exact) mass is 206 g/mol. The molecule has 15 heavy (non-hydrogen) atoms. The Kier molecular flexibility index (Phi) is 3.22. The molecule has 1 aliphatic heterocycles. The van der Waals surface area contributed by atoms with Gasteiger partial charge in [0.05, 0.1) is 12.9 Å². The van der Waals surface area contributed by atoms with E-state index in [1.807, 2.05) is 18.2 Å². The molecule has 0 N–H and O–H groups in total. The van der Waals surface area contributed by atoms with E-state index < -0.39 is 0 Å². The lowest BCUT2D eigenvalue weighted by atomic mass is 10.1. The van der Waals surface area contributed by atoms with Crippen molar-refractivity contribution in [2.45, 2.75) is 25.7 Å². The van der Waals surface area contributed by atoms with Crippen LogP contribution >= 0.6 is 0 Å². The predicted molar refractivity (Wildman–Crippen MR) is 55.3 cm³/mol. The fourth-order valence-electron chi connectivity index (χ4n) is 1.57. The van der Waals surface area contributed by atoms with Crippen LogP contribution in [-0.2, 0) is 16.0 Å². The first-order valence-electron chi connectivity index (χ1n) is 5.25. The van der Waals surface area contributed by atoms with Gasteiger partial charge in [-0.3, -0.25) is 4.79 Å². The average Bonchev–Trinajstić information content (AvgIpc) is 2.80. The predicted octanol–water partition coefficient (Wildman–Crippen LogP) is 2.48. The summed E-state index contributed by atoms with van der Waals surface area (Å²) in [4.78, 5) is 11.7. The molecule has 0 unspecified atom stereocenters. The van der Waals surface area contributed by atoms with Gasteiger partial charge in [-0.25, -0.2) is 0 Å². The number of furan rings is 1. The maximum absolute atomic E-state index is 11.7. The Balaban J connectivity index is 1.84. The topological polar surface area (TPSA) is 39.4 Å². The molecule has 2 heterocycles. The van der Waals surface area contributed by atoms with Gasteiger partial charge in [0.1, 0.15) is 5.76 Å². The normalized spacial score (nSPS) is 15.6. The standard InChI is InChI=1S/C12H14O3/c13-11(12-5-1-2-8-15-12)7-6-10-4-3-9-14-10/h3-5,9H,1-2,6-8H2. The van der Waals surface area contributed by atoms with Gasteiger partial charge in [0.25, 0.3) is 0 Å². The van der Waals surface area contributed by atoms with E-state index >= 15 is 0 Å². The van der Waals surface area contributed by atoms with Crippen LogP contribution in [0.3, 0.4) is 0 Å². The van der Waals surface area contributed by atoms with E-state index in [0.717, 1.165) is 18.6 Å². The Labute approximate surface area is 88.7 Å². The van der Waals surface area contributed by atoms with Crippen LogP contribution in [-0.4, -0.2) is 12.4 Å². The van der Waals surface area contributed by atoms with Crippen LogP contribution in [0.1, 0.15) is 25.0 Å². The second kappa shape index (κ2) is 4.82. The molecule has 0 aliphatic carbocycles. The molecule has 3 nitrogen and oxygen atoms in total. The zero-order chi connectivity index (χ0) is 10.5. The van der Waals surface area contributed by atoms with Crippen molar-refractivity contribution in [3.8, 4) is 0 Å². The molecule has 0 bridgehead atoms. The van der Waals surface area contributed by atoms with Gasteiger partial charge in [-0.2, -0.15) is 0 Å². The van der Waals surface area contributed by atoms with Gasteiger partial charge in [0, 0.05) is 12.8 Å². The molecule has 3 heteroatoms. The van der Waals surface area contributed by atoms with E-state index in [1.165, 1.54) is 0 Å². The van der Waals surface area contributed by atoms with Crippen molar-refractivity contribution in [3.63, 3.8) is 0 Å². The molecule has 1 aromatic heterocycles. The van der Waals surface area contributed by atoms with Crippen molar-refractivity contribution < 1.29 is 13.9 Å². The highest BCUT2D eigenvalue weighted by Crippen LogP contribution is 2.14. The van der Waals surface area contributed by atoms with E-state index in [0.29, 0.717) is 25.2 Å². The lowest BCUT2D eigenvalue weighted by Crippen LogP contribution is -2.11. The van der Waals surface area contributed by atoms with Crippen molar-refractivity contribution in [3.05, 3.63) is 36.0 Å². The van der Waals surface area contributed by atoms with E-state index in [9.17, 15) is 4.79 Å². The summed E-state index contributed by atoms with van der Waals surface area (Å²) in [5, 5.41) is 0. The van der Waals surface area contributed by atoms with Gasteiger partial charge in [-0.05, 0) is 31.1 Å². The molecular weight excluding hydrogens is 192 g/mol. The van der Waals surface area contributed by atoms with Crippen molar-refractivity contribution >= 4 is 5.78 Å². The highest BCUT2D eigenvalue weighted by molar-refractivity contribution is 5.93. The van der Waals surface area contributed by atoms with E-state index in [1.54, 1.807) is 6.26 Å². The third-order valence-electron chi connectivity index (χ3n) is 2.39. The first-order valence-corrected chi connectivity index (χ1v) is 5.25. The first-order chi connectivity index (χ1) is 7.36. The zero-order valence-corrected chi connectivity index (χ0v) is 8.57. The minimum atomic E-state index is 0.0751. The van der Waals surface area contributed by atoms with Crippen molar-refractivity contribution in [2.24, 2.45) is 0 Å². The Morgan fingerprint density at radius 2 is 2.40 bits per heavy atom. The van der Waals surface area contributed by atoms with Crippen molar-refractivity contribution in [1.29, 1.82) is 0 Å². The molecule has 0 saturated carbocycles. The fraction of sp³-hybridized carbons (Fsp3) is 0.417. The summed E-state index contributed by atoms with van der Waals surface area (Å²) < 4.78 is 10.4. The Morgan fingerprint density at radius 3 is 3.07 bits per heavy atom. The highest BCUT2D eigenvalue weighted by Gasteiger charge is 2.13. The average molecular weight is 206 g/mol. The molecule has 1 aliphatic rings. The summed E-state index contributed by atoms with van der Waals surface area (Å²) in [7, 11) is 0. The number of Topliss-reactive ketones (excluding diaryl/α,β-unsaturated/α-hetero) is 1. The quantitative estimate of drug-likeness (QED) is 0.759. The first kappa shape index (κ1) is 10.0. The summed E-state index contributed by atoms with van der Waals surface area (Å²) in [5.74, 6) is 1.46. The second-order valence-corrected chi connectivity index (χ2v) is 3.56. The van der Waals surface area contributed by atoms with Gasteiger partial charge in [0.15, 0.2) is 11.5 Å². The maximum atomic E-state index is 11.7. The van der Waals surface area contributed by atoms with Crippen molar-refractivity contribution in [2.75, 3.05) is 6.61 Å². The number of aryl methyl sites for hydroxylation is 1. The Hall–Kier alpha value is -1.51. The molecule has 0 radical (unpaired) electrons. The summed E-state index contributed by atoms with van der Waals surface area (Å²) in [6.45, 7) is 0.665. The number of ether oxygens (including phenoxy) is 1. The lowest BCUT2D eigenvalue weighted by molar-refractivity contribution is -0.119. The van der Waals surface area contributed by atoms with Crippen molar-refractivity contribution in [1.82, 2.24) is 0 Å². The molecule has 2 rings (SSSR count). The second-order valence-electron chi connectivity index (χ2n) is 3.56. The van der Waals surface area contributed by atoms with Crippen LogP contribution in [0.2, 0.25) is 0 Å². The summed E-state index contributed by atoms with van der Waals surface area (Å²) >= 11 is 0. The van der Waals surface area contributed by atoms with Crippen LogP contribution in [0.25, 0.3) is 0 Å². The van der Waals surface area contributed by atoms with E-state index in [4.69, 9.17) is 9.15 Å². The molecule has 1 aromatic rings. The molecule has 0 aromatic carbocycles. The molecule has 0 fully saturated rings. The van der Waals surface area contributed by atoms with E-state index in [-0.39, 0.29) is 5.78 Å². The smallest absolute Gasteiger partial charge is 0.197 e. The third-order valence-corrected chi connectivity index (χ3v) is 2.39. The van der Waals surface area contributed by atoms with Gasteiger partial charge in [-0.15, -0.1) is 0 Å². The van der Waals surface area contributed by atoms with Crippen LogP contribution in [0.5, 0.6) is 0 Å². The maximum Gasteiger partial charge on any atom is 0.197 e. The minimum absolute atomic E-state index is 0.0751. The molecule has 0 spiro atoms. The van der Waals surface area contributed by atoms with Crippen LogP contribution in [0.15, 0.2) is 34.6 Å². The number of hydrogen-bond donors (Lipinski definition) is 0. The molecule has 0 amide bonds. The number of rotatable bonds is 4. The number of hydrogen-bond acceptors (Lipinski definition) is 3. The molecular formula is C12H14O3. The minimum Gasteiger partial charge on any atom is -0.490 e. The highest BCUT2D eigenvalue weighted by atomic mass is 16.5. The number of ketones is 1. The van der Waals surface area contributed by atoms with Gasteiger partial charge >= 0.3 is 0 Å². The SMILES string of the molecule is O=C(CCc1ccco1)C1=CCCCO1. The van der Waals surface area contributed by atoms with Gasteiger partial charge in [-0.1, -0.05) is 0 Å². The zero-order valence-electron chi connectivity index (χ0n) is 8.57. The summed E-state index contributed by atoms with van der Waals surface area (Å²) in [6, 6.07) is 3.71. The summed E-state index contributed by atoms with van der Waals surface area (Å²) in [5.41, 5.74) is 0. The van der Waals surface area contributed by atoms with Crippen LogP contribution in [0.4, 0.5) is 0 Å². The lowest BCUT2D eigenvalue weighted by Gasteiger charge is -2.13. The van der Waals surface area contributed by atoms with Crippen LogP contribution in [0, 0.1) is 0 Å². The summed E-state index contributed by atoms with van der Waals surface area (Å²) in [6.07, 6.45) is 6.56. The molecule has 80 valence electrons. The number of carbonyl (C=O) groups excluding carboxylic acids is 1. The Morgan fingerprint density at radius 1 is 1.47 bits per heavy atom. The Bertz CT molecular complexity index is 349. The van der Waals surface area contributed by atoms with E-state index in [2.05, 4.69) is 0 Å². The fourth-order valence-corrected chi connectivity index (χ4v) is 1.57.